The summed E-state index contributed by atoms with van der Waals surface area (Å²) in [7, 11) is 0. The van der Waals surface area contributed by atoms with Gasteiger partial charge in [-0.3, -0.25) is 0 Å². The lowest BCUT2D eigenvalue weighted by molar-refractivity contribution is 0.169. The summed E-state index contributed by atoms with van der Waals surface area (Å²) in [5, 5.41) is 10.2. The second-order valence-electron chi connectivity index (χ2n) is 3.87. The van der Waals surface area contributed by atoms with Crippen molar-refractivity contribution in [2.45, 2.75) is 26.0 Å². The number of aliphatic hydroxyl groups excluding tert-OH is 1. The molecule has 1 unspecified atom stereocenters. The predicted molar refractivity (Wildman–Crippen MR) is 65.2 cm³/mol. The number of nitrogens with two attached hydrogens (primary N) is 1. The summed E-state index contributed by atoms with van der Waals surface area (Å²) in [5.41, 5.74) is 7.40. The van der Waals surface area contributed by atoms with Gasteiger partial charge < -0.3 is 15.4 Å². The van der Waals surface area contributed by atoms with Gasteiger partial charge in [0.05, 0.1) is 24.3 Å². The molecule has 0 saturated heterocycles. The number of anilines is 1. The summed E-state index contributed by atoms with van der Waals surface area (Å²) in [6, 6.07) is 3.69. The van der Waals surface area contributed by atoms with E-state index in [2.05, 4.69) is 9.97 Å². The first kappa shape index (κ1) is 11.6. The fourth-order valence-electron chi connectivity index (χ4n) is 1.81. The highest BCUT2D eigenvalue weighted by Gasteiger charge is 2.14. The molecule has 0 aliphatic rings. The molecule has 17 heavy (non-hydrogen) atoms. The molecule has 0 saturated carbocycles. The number of rotatable bonds is 4. The van der Waals surface area contributed by atoms with Gasteiger partial charge in [0.15, 0.2) is 0 Å². The lowest BCUT2D eigenvalue weighted by Crippen LogP contribution is -2.10. The molecule has 0 aromatic carbocycles. The SMILES string of the molecule is CCn1cncc1C(O)Cc1cccnc1N. The molecule has 0 aliphatic heterocycles. The minimum atomic E-state index is -0.607. The molecule has 2 rings (SSSR count). The van der Waals surface area contributed by atoms with Gasteiger partial charge in [0.25, 0.3) is 0 Å². The smallest absolute Gasteiger partial charge is 0.126 e. The van der Waals surface area contributed by atoms with Crippen LogP contribution in [-0.4, -0.2) is 19.6 Å². The Labute approximate surface area is 99.9 Å². The standard InChI is InChI=1S/C12H16N4O/c1-2-16-8-14-7-10(16)11(17)6-9-4-3-5-15-12(9)13/h3-5,7-8,11,17H,2,6H2,1H3,(H2,13,15). The molecule has 90 valence electrons. The van der Waals surface area contributed by atoms with E-state index < -0.39 is 6.10 Å². The van der Waals surface area contributed by atoms with Crippen molar-refractivity contribution in [2.75, 3.05) is 5.73 Å². The van der Waals surface area contributed by atoms with E-state index in [1.165, 1.54) is 0 Å². The Morgan fingerprint density at radius 3 is 3.06 bits per heavy atom. The molecule has 0 aliphatic carbocycles. The summed E-state index contributed by atoms with van der Waals surface area (Å²) in [4.78, 5) is 8.03. The third-order valence-electron chi connectivity index (χ3n) is 2.77. The van der Waals surface area contributed by atoms with Crippen molar-refractivity contribution in [3.63, 3.8) is 0 Å². The van der Waals surface area contributed by atoms with Gasteiger partial charge in [0.2, 0.25) is 0 Å². The highest BCUT2D eigenvalue weighted by molar-refractivity contribution is 5.39. The summed E-state index contributed by atoms with van der Waals surface area (Å²) < 4.78 is 1.91. The van der Waals surface area contributed by atoms with Crippen molar-refractivity contribution in [3.8, 4) is 0 Å². The Morgan fingerprint density at radius 2 is 2.35 bits per heavy atom. The van der Waals surface area contributed by atoms with Crippen LogP contribution in [0.25, 0.3) is 0 Å². The number of imidazole rings is 1. The molecule has 0 radical (unpaired) electrons. The normalized spacial score (nSPS) is 12.6. The van der Waals surface area contributed by atoms with Gasteiger partial charge >= 0.3 is 0 Å². The van der Waals surface area contributed by atoms with Crippen LogP contribution in [0.3, 0.4) is 0 Å². The number of hydrogen-bond acceptors (Lipinski definition) is 4. The zero-order chi connectivity index (χ0) is 12.3. The van der Waals surface area contributed by atoms with E-state index in [9.17, 15) is 5.11 Å². The van der Waals surface area contributed by atoms with Crippen molar-refractivity contribution in [1.29, 1.82) is 0 Å². The Morgan fingerprint density at radius 1 is 1.53 bits per heavy atom. The molecule has 0 amide bonds. The largest absolute Gasteiger partial charge is 0.386 e. The highest BCUT2D eigenvalue weighted by atomic mass is 16.3. The second-order valence-corrected chi connectivity index (χ2v) is 3.87. The van der Waals surface area contributed by atoms with Crippen LogP contribution in [0.15, 0.2) is 30.9 Å². The van der Waals surface area contributed by atoms with E-state index in [-0.39, 0.29) is 0 Å². The van der Waals surface area contributed by atoms with E-state index in [1.54, 1.807) is 18.7 Å². The average Bonchev–Trinajstić information content (AvgIpc) is 2.80. The number of aliphatic hydroxyl groups is 1. The van der Waals surface area contributed by atoms with Crippen LogP contribution in [0.4, 0.5) is 5.82 Å². The summed E-state index contributed by atoms with van der Waals surface area (Å²) >= 11 is 0. The maximum absolute atomic E-state index is 10.2. The van der Waals surface area contributed by atoms with Gasteiger partial charge in [-0.1, -0.05) is 6.07 Å². The molecular weight excluding hydrogens is 216 g/mol. The molecule has 0 bridgehead atoms. The van der Waals surface area contributed by atoms with Crippen LogP contribution in [0.2, 0.25) is 0 Å². The minimum absolute atomic E-state index is 0.450. The molecule has 1 atom stereocenters. The van der Waals surface area contributed by atoms with E-state index >= 15 is 0 Å². The number of aryl methyl sites for hydroxylation is 1. The van der Waals surface area contributed by atoms with Crippen LogP contribution in [-0.2, 0) is 13.0 Å². The topological polar surface area (TPSA) is 77.0 Å². The number of nitrogens with zero attached hydrogens (tertiary/aromatic N) is 3. The van der Waals surface area contributed by atoms with Crippen molar-refractivity contribution < 1.29 is 5.11 Å². The molecule has 3 N–H and O–H groups in total. The molecular formula is C12H16N4O. The van der Waals surface area contributed by atoms with Crippen LogP contribution in [0.1, 0.15) is 24.3 Å². The highest BCUT2D eigenvalue weighted by Crippen LogP contribution is 2.20. The molecule has 0 spiro atoms. The third kappa shape index (κ3) is 2.45. The first-order valence-corrected chi connectivity index (χ1v) is 5.59. The molecule has 2 heterocycles. The van der Waals surface area contributed by atoms with Crippen LogP contribution in [0.5, 0.6) is 0 Å². The lowest BCUT2D eigenvalue weighted by atomic mass is 10.1. The van der Waals surface area contributed by atoms with Crippen molar-refractivity contribution >= 4 is 5.82 Å². The van der Waals surface area contributed by atoms with Gasteiger partial charge in [-0.2, -0.15) is 0 Å². The Balaban J connectivity index is 2.17. The maximum atomic E-state index is 10.2. The zero-order valence-electron chi connectivity index (χ0n) is 9.74. The fraction of sp³-hybridized carbons (Fsp3) is 0.333. The number of aromatic nitrogens is 3. The average molecular weight is 232 g/mol. The second kappa shape index (κ2) is 4.97. The fourth-order valence-corrected chi connectivity index (χ4v) is 1.81. The van der Waals surface area contributed by atoms with Crippen LogP contribution >= 0.6 is 0 Å². The summed E-state index contributed by atoms with van der Waals surface area (Å²) in [6.45, 7) is 2.80. The minimum Gasteiger partial charge on any atom is -0.386 e. The van der Waals surface area contributed by atoms with E-state index in [0.717, 1.165) is 17.8 Å². The monoisotopic (exact) mass is 232 g/mol. The van der Waals surface area contributed by atoms with Gasteiger partial charge in [0, 0.05) is 19.2 Å². The van der Waals surface area contributed by atoms with Crippen LogP contribution < -0.4 is 5.73 Å². The molecule has 5 heteroatoms. The third-order valence-corrected chi connectivity index (χ3v) is 2.77. The molecule has 2 aromatic heterocycles. The van der Waals surface area contributed by atoms with E-state index in [4.69, 9.17) is 5.73 Å². The Hall–Kier alpha value is -1.88. The first-order chi connectivity index (χ1) is 8.22. The quantitative estimate of drug-likeness (QED) is 0.829. The maximum Gasteiger partial charge on any atom is 0.126 e. The Bertz CT molecular complexity index is 495. The first-order valence-electron chi connectivity index (χ1n) is 5.59. The van der Waals surface area contributed by atoms with Gasteiger partial charge in [-0.05, 0) is 18.6 Å². The predicted octanol–water partition coefficient (Wildman–Crippen LogP) is 1.16. The van der Waals surface area contributed by atoms with Gasteiger partial charge in [-0.15, -0.1) is 0 Å². The molecule has 5 nitrogen and oxygen atoms in total. The van der Waals surface area contributed by atoms with E-state index in [0.29, 0.717) is 12.2 Å². The number of hydrogen-bond donors (Lipinski definition) is 2. The summed E-state index contributed by atoms with van der Waals surface area (Å²) in [5.74, 6) is 0.467. The van der Waals surface area contributed by atoms with Crippen molar-refractivity contribution in [1.82, 2.24) is 14.5 Å². The zero-order valence-corrected chi connectivity index (χ0v) is 9.74. The van der Waals surface area contributed by atoms with Crippen LogP contribution in [0, 0.1) is 0 Å². The van der Waals surface area contributed by atoms with E-state index in [1.807, 2.05) is 23.6 Å². The molecule has 0 fully saturated rings. The van der Waals surface area contributed by atoms with Crippen molar-refractivity contribution in [3.05, 3.63) is 42.1 Å². The Kier molecular flexibility index (Phi) is 3.39. The van der Waals surface area contributed by atoms with Crippen molar-refractivity contribution in [2.24, 2.45) is 0 Å². The van der Waals surface area contributed by atoms with Gasteiger partial charge in [-0.25, -0.2) is 9.97 Å². The summed E-state index contributed by atoms with van der Waals surface area (Å²) in [6.07, 6.45) is 4.88. The number of pyridine rings is 1. The lowest BCUT2D eigenvalue weighted by Gasteiger charge is -2.13. The van der Waals surface area contributed by atoms with Gasteiger partial charge in [0.1, 0.15) is 5.82 Å². The number of nitrogen functional groups attached to an aromatic ring is 1. The molecule has 2 aromatic rings.